The molecule has 1 spiro atoms. The van der Waals surface area contributed by atoms with E-state index in [0.29, 0.717) is 17.5 Å². The lowest BCUT2D eigenvalue weighted by atomic mass is 9.65. The summed E-state index contributed by atoms with van der Waals surface area (Å²) in [7, 11) is 0. The third kappa shape index (κ3) is 4.89. The van der Waals surface area contributed by atoms with Gasteiger partial charge in [0.25, 0.3) is 0 Å². The highest BCUT2D eigenvalue weighted by molar-refractivity contribution is 5.92. The number of para-hydroxylation sites is 2. The van der Waals surface area contributed by atoms with Gasteiger partial charge in [-0.05, 0) is 45.0 Å². The maximum atomic E-state index is 7.05. The van der Waals surface area contributed by atoms with Crippen molar-refractivity contribution in [3.8, 4) is 79.0 Å². The average molecular weight is 716 g/mol. The van der Waals surface area contributed by atoms with Crippen LogP contribution in [0.2, 0.25) is 0 Å². The fourth-order valence-corrected chi connectivity index (χ4v) is 8.79. The average Bonchev–Trinajstić information content (AvgIpc) is 3.57. The molecule has 0 fully saturated rings. The van der Waals surface area contributed by atoms with Crippen LogP contribution in [0.3, 0.4) is 0 Å². The maximum Gasteiger partial charge on any atom is 0.164 e. The Labute approximate surface area is 325 Å². The topological polar surface area (TPSA) is 47.9 Å². The molecule has 0 bridgehead atoms. The van der Waals surface area contributed by atoms with Crippen molar-refractivity contribution in [2.24, 2.45) is 0 Å². The predicted molar refractivity (Wildman–Crippen MR) is 224 cm³/mol. The number of nitrogens with zero attached hydrogens (tertiary/aromatic N) is 3. The molecule has 11 rings (SSSR count). The van der Waals surface area contributed by atoms with Crippen molar-refractivity contribution in [1.82, 2.24) is 15.0 Å². The molecule has 1 aliphatic carbocycles. The van der Waals surface area contributed by atoms with Gasteiger partial charge in [-0.2, -0.15) is 0 Å². The van der Waals surface area contributed by atoms with Gasteiger partial charge < -0.3 is 4.74 Å². The Morgan fingerprint density at radius 3 is 1.38 bits per heavy atom. The Bertz CT molecular complexity index is 2890. The van der Waals surface area contributed by atoms with Crippen molar-refractivity contribution in [2.75, 3.05) is 0 Å². The van der Waals surface area contributed by atoms with Crippen LogP contribution in [0.1, 0.15) is 22.3 Å². The first-order chi connectivity index (χ1) is 27.8. The quantitative estimate of drug-likeness (QED) is 0.178. The van der Waals surface area contributed by atoms with E-state index in [0.717, 1.165) is 61.6 Å². The van der Waals surface area contributed by atoms with E-state index < -0.39 is 5.41 Å². The molecule has 0 saturated carbocycles. The molecule has 0 atom stereocenters. The SMILES string of the molecule is c1ccc(-c2ccc(-c3nc(-c4ccccc4)nc(-c4ccccc4-c4cccc5c4Oc4ccccc4C54c5ccccc5-c5ccccc54)n3)cc2)cc1. The van der Waals surface area contributed by atoms with Gasteiger partial charge in [0.1, 0.15) is 11.5 Å². The Hall–Kier alpha value is -7.43. The lowest BCUT2D eigenvalue weighted by molar-refractivity contribution is 0.438. The molecule has 0 radical (unpaired) electrons. The second-order valence-electron chi connectivity index (χ2n) is 14.3. The van der Waals surface area contributed by atoms with Gasteiger partial charge in [-0.1, -0.05) is 194 Å². The van der Waals surface area contributed by atoms with Gasteiger partial charge in [-0.15, -0.1) is 0 Å². The molecule has 0 unspecified atom stereocenters. The van der Waals surface area contributed by atoms with Crippen LogP contribution in [-0.2, 0) is 5.41 Å². The molecule has 1 aromatic heterocycles. The minimum atomic E-state index is -0.560. The summed E-state index contributed by atoms with van der Waals surface area (Å²) in [5.74, 6) is 3.51. The van der Waals surface area contributed by atoms with E-state index >= 15 is 0 Å². The predicted octanol–water partition coefficient (Wildman–Crippen LogP) is 12.7. The van der Waals surface area contributed by atoms with Crippen LogP contribution in [0, 0.1) is 0 Å². The second-order valence-corrected chi connectivity index (χ2v) is 14.3. The molecule has 0 saturated heterocycles. The van der Waals surface area contributed by atoms with Crippen LogP contribution >= 0.6 is 0 Å². The first-order valence-electron chi connectivity index (χ1n) is 18.9. The summed E-state index contributed by atoms with van der Waals surface area (Å²) in [4.78, 5) is 15.4. The number of fused-ring (bicyclic) bond motifs is 9. The van der Waals surface area contributed by atoms with Crippen molar-refractivity contribution in [1.29, 1.82) is 0 Å². The van der Waals surface area contributed by atoms with Crippen molar-refractivity contribution in [2.45, 2.75) is 5.41 Å². The summed E-state index contributed by atoms with van der Waals surface area (Å²) in [6.07, 6.45) is 0. The highest BCUT2D eigenvalue weighted by Gasteiger charge is 2.51. The van der Waals surface area contributed by atoms with Gasteiger partial charge >= 0.3 is 0 Å². The fourth-order valence-electron chi connectivity index (χ4n) is 8.79. The summed E-state index contributed by atoms with van der Waals surface area (Å²) >= 11 is 0. The number of hydrogen-bond acceptors (Lipinski definition) is 4. The zero-order chi connectivity index (χ0) is 37.1. The van der Waals surface area contributed by atoms with Crippen LogP contribution in [0.5, 0.6) is 11.5 Å². The Morgan fingerprint density at radius 2 is 0.714 bits per heavy atom. The monoisotopic (exact) mass is 715 g/mol. The molecule has 9 aromatic rings. The van der Waals surface area contributed by atoms with Crippen LogP contribution in [0.15, 0.2) is 200 Å². The third-order valence-electron chi connectivity index (χ3n) is 11.3. The lowest BCUT2D eigenvalue weighted by Gasteiger charge is -2.40. The van der Waals surface area contributed by atoms with Crippen LogP contribution < -0.4 is 4.74 Å². The standard InChI is InChI=1S/C52H33N3O/c1-3-16-34(17-4-1)35-30-32-37(33-31-35)50-53-49(36-18-5-2-6-19-36)54-51(55-50)42-23-8-7-20-38(42)41-24-15-28-46-48(41)56-47-29-14-13-27-45(47)52(46)43-25-11-9-21-39(43)40-22-10-12-26-44(40)52/h1-33H. The van der Waals surface area contributed by atoms with Gasteiger partial charge in [-0.25, -0.2) is 15.0 Å². The first kappa shape index (κ1) is 32.0. The zero-order valence-corrected chi connectivity index (χ0v) is 30.3. The Morgan fingerprint density at radius 1 is 0.286 bits per heavy atom. The highest BCUT2D eigenvalue weighted by Crippen LogP contribution is 2.63. The lowest BCUT2D eigenvalue weighted by Crippen LogP contribution is -2.32. The van der Waals surface area contributed by atoms with Crippen molar-refractivity contribution >= 4 is 0 Å². The van der Waals surface area contributed by atoms with Gasteiger partial charge in [0, 0.05) is 33.4 Å². The number of rotatable bonds is 5. The maximum absolute atomic E-state index is 7.05. The number of hydrogen-bond donors (Lipinski definition) is 0. The molecule has 8 aromatic carbocycles. The molecule has 2 aliphatic rings. The summed E-state index contributed by atoms with van der Waals surface area (Å²) in [5, 5.41) is 0. The third-order valence-corrected chi connectivity index (χ3v) is 11.3. The largest absolute Gasteiger partial charge is 0.456 e. The Kier molecular flexibility index (Phi) is 7.36. The summed E-state index contributed by atoms with van der Waals surface area (Å²) < 4.78 is 7.05. The number of aromatic nitrogens is 3. The first-order valence-corrected chi connectivity index (χ1v) is 18.9. The molecule has 2 heterocycles. The number of ether oxygens (including phenoxy) is 1. The van der Waals surface area contributed by atoms with Crippen LogP contribution in [0.25, 0.3) is 67.5 Å². The van der Waals surface area contributed by atoms with E-state index in [1.54, 1.807) is 0 Å². The normalized spacial score (nSPS) is 12.9. The van der Waals surface area contributed by atoms with Gasteiger partial charge in [0.15, 0.2) is 17.5 Å². The van der Waals surface area contributed by atoms with Crippen molar-refractivity contribution < 1.29 is 4.74 Å². The summed E-state index contributed by atoms with van der Waals surface area (Å²) in [6.45, 7) is 0. The summed E-state index contributed by atoms with van der Waals surface area (Å²) in [6, 6.07) is 70.1. The van der Waals surface area contributed by atoms with Crippen LogP contribution in [-0.4, -0.2) is 15.0 Å². The molecule has 0 N–H and O–H groups in total. The smallest absolute Gasteiger partial charge is 0.164 e. The minimum Gasteiger partial charge on any atom is -0.456 e. The highest BCUT2D eigenvalue weighted by atomic mass is 16.5. The molecule has 56 heavy (non-hydrogen) atoms. The molecular formula is C52H33N3O. The van der Waals surface area contributed by atoms with E-state index in [4.69, 9.17) is 19.7 Å². The zero-order valence-electron chi connectivity index (χ0n) is 30.3. The van der Waals surface area contributed by atoms with E-state index in [1.807, 2.05) is 36.4 Å². The molecular weight excluding hydrogens is 683 g/mol. The van der Waals surface area contributed by atoms with E-state index in [9.17, 15) is 0 Å². The van der Waals surface area contributed by atoms with Crippen molar-refractivity contribution in [3.05, 3.63) is 222 Å². The fraction of sp³-hybridized carbons (Fsp3) is 0.0192. The molecule has 4 heteroatoms. The van der Waals surface area contributed by atoms with Crippen LogP contribution in [0.4, 0.5) is 0 Å². The second kappa shape index (κ2) is 12.9. The molecule has 4 nitrogen and oxygen atoms in total. The van der Waals surface area contributed by atoms with E-state index in [1.165, 1.54) is 22.3 Å². The molecule has 1 aliphatic heterocycles. The Balaban J connectivity index is 1.12. The van der Waals surface area contributed by atoms with Gasteiger partial charge in [0.2, 0.25) is 0 Å². The van der Waals surface area contributed by atoms with Gasteiger partial charge in [0.05, 0.1) is 5.41 Å². The number of benzene rings is 8. The van der Waals surface area contributed by atoms with E-state index in [-0.39, 0.29) is 0 Å². The van der Waals surface area contributed by atoms with Crippen molar-refractivity contribution in [3.63, 3.8) is 0 Å². The summed E-state index contributed by atoms with van der Waals surface area (Å²) in [5.41, 5.74) is 13.7. The molecule has 0 amide bonds. The minimum absolute atomic E-state index is 0.560. The molecule has 262 valence electrons. The van der Waals surface area contributed by atoms with E-state index in [2.05, 4.69) is 164 Å². The van der Waals surface area contributed by atoms with Gasteiger partial charge in [-0.3, -0.25) is 0 Å².